The summed E-state index contributed by atoms with van der Waals surface area (Å²) in [6.45, 7) is 2.21. The minimum Gasteiger partial charge on any atom is -0.504 e. The van der Waals surface area contributed by atoms with E-state index in [9.17, 15) is 19.8 Å². The molecular weight excluding hydrogens is 369 g/mol. The highest BCUT2D eigenvalue weighted by molar-refractivity contribution is 5.97. The van der Waals surface area contributed by atoms with Crippen molar-refractivity contribution in [1.29, 1.82) is 0 Å². The molecule has 28 heavy (non-hydrogen) atoms. The maximum atomic E-state index is 15.0. The molecule has 0 bridgehead atoms. The molecule has 1 aliphatic carbocycles. The number of carboxylic acids is 1. The van der Waals surface area contributed by atoms with Gasteiger partial charge in [-0.05, 0) is 18.9 Å². The molecule has 3 fully saturated rings. The predicted octanol–water partition coefficient (Wildman–Crippen LogP) is 1.06. The monoisotopic (exact) mass is 389 g/mol. The van der Waals surface area contributed by atoms with Crippen LogP contribution in [0.4, 0.5) is 10.1 Å². The number of ether oxygens (including phenoxy) is 1. The Labute approximate surface area is 159 Å². The van der Waals surface area contributed by atoms with Gasteiger partial charge >= 0.3 is 5.97 Å². The van der Waals surface area contributed by atoms with Crippen LogP contribution in [0.2, 0.25) is 0 Å². The fourth-order valence-electron chi connectivity index (χ4n) is 4.33. The van der Waals surface area contributed by atoms with Crippen molar-refractivity contribution in [3.05, 3.63) is 33.9 Å². The maximum Gasteiger partial charge on any atom is 0.341 e. The second-order valence-corrected chi connectivity index (χ2v) is 7.64. The van der Waals surface area contributed by atoms with Crippen LogP contribution in [-0.4, -0.2) is 59.1 Å². The van der Waals surface area contributed by atoms with Crippen LogP contribution < -0.4 is 15.6 Å². The first-order valence-electron chi connectivity index (χ1n) is 9.39. The van der Waals surface area contributed by atoms with Gasteiger partial charge in [-0.3, -0.25) is 4.79 Å². The van der Waals surface area contributed by atoms with Crippen molar-refractivity contribution in [1.82, 2.24) is 9.88 Å². The Balaban J connectivity index is 1.70. The van der Waals surface area contributed by atoms with E-state index in [0.29, 0.717) is 19.7 Å². The number of hydrogen-bond donors (Lipinski definition) is 3. The van der Waals surface area contributed by atoms with Crippen LogP contribution in [0.3, 0.4) is 0 Å². The van der Waals surface area contributed by atoms with E-state index in [1.807, 2.05) is 0 Å². The lowest BCUT2D eigenvalue weighted by Gasteiger charge is -2.25. The average molecular weight is 389 g/mol. The summed E-state index contributed by atoms with van der Waals surface area (Å²) in [4.78, 5) is 25.8. The summed E-state index contributed by atoms with van der Waals surface area (Å²) in [5.74, 6) is -2.43. The number of phenols is 1. The molecule has 5 rings (SSSR count). The number of carbonyl (C=O) groups is 1. The molecular formula is C19H20FN3O5. The van der Waals surface area contributed by atoms with E-state index in [1.54, 1.807) is 9.47 Å². The summed E-state index contributed by atoms with van der Waals surface area (Å²) in [5, 5.41) is 23.5. The van der Waals surface area contributed by atoms with Crippen molar-refractivity contribution in [2.75, 3.05) is 31.1 Å². The van der Waals surface area contributed by atoms with Crippen molar-refractivity contribution in [3.8, 4) is 5.75 Å². The first kappa shape index (κ1) is 17.4. The number of aromatic hydroxyl groups is 1. The van der Waals surface area contributed by atoms with Crippen LogP contribution in [0, 0.1) is 5.82 Å². The van der Waals surface area contributed by atoms with Crippen molar-refractivity contribution >= 4 is 22.6 Å². The molecule has 1 aromatic heterocycles. The van der Waals surface area contributed by atoms with Crippen LogP contribution in [0.25, 0.3) is 10.9 Å². The second-order valence-electron chi connectivity index (χ2n) is 7.64. The number of phenolic OH excluding ortho intramolecular Hbond substituents is 1. The van der Waals surface area contributed by atoms with Gasteiger partial charge in [0.1, 0.15) is 11.3 Å². The van der Waals surface area contributed by atoms with Crippen LogP contribution >= 0.6 is 0 Å². The van der Waals surface area contributed by atoms with E-state index in [4.69, 9.17) is 4.74 Å². The third-order valence-electron chi connectivity index (χ3n) is 5.81. The molecule has 3 heterocycles. The molecule has 2 aromatic rings. The highest BCUT2D eigenvalue weighted by atomic mass is 19.1. The molecule has 0 unspecified atom stereocenters. The summed E-state index contributed by atoms with van der Waals surface area (Å²) in [6, 6.07) is 1.09. The Kier molecular flexibility index (Phi) is 3.85. The van der Waals surface area contributed by atoms with Crippen LogP contribution in [0.1, 0.15) is 29.2 Å². The number of carboxylic acid groups (broad SMARTS) is 1. The molecule has 9 heteroatoms. The SMILES string of the molecule is O=C(O)c1cn(C2CC2)c2c(O)c(N3C[C@@H]4OCCN[C@@H]4C3)c(F)cc2c1=O. The van der Waals surface area contributed by atoms with E-state index in [2.05, 4.69) is 5.32 Å². The smallest absolute Gasteiger partial charge is 0.341 e. The number of anilines is 1. The molecule has 1 saturated carbocycles. The fraction of sp³-hybridized carbons (Fsp3) is 0.474. The number of nitrogens with one attached hydrogen (secondary N) is 1. The first-order chi connectivity index (χ1) is 13.5. The molecule has 0 radical (unpaired) electrons. The molecule has 2 saturated heterocycles. The van der Waals surface area contributed by atoms with E-state index >= 15 is 4.39 Å². The third kappa shape index (κ3) is 2.57. The number of halogens is 1. The van der Waals surface area contributed by atoms with Gasteiger partial charge in [-0.1, -0.05) is 0 Å². The zero-order valence-corrected chi connectivity index (χ0v) is 15.0. The first-order valence-corrected chi connectivity index (χ1v) is 9.39. The number of nitrogens with zero attached hydrogens (tertiary/aromatic N) is 2. The number of benzene rings is 1. The number of morpholine rings is 1. The molecule has 0 amide bonds. The Bertz CT molecular complexity index is 1030. The highest BCUT2D eigenvalue weighted by Gasteiger charge is 2.38. The Morgan fingerprint density at radius 3 is 2.79 bits per heavy atom. The van der Waals surface area contributed by atoms with Gasteiger partial charge in [-0.2, -0.15) is 0 Å². The molecule has 2 aliphatic heterocycles. The van der Waals surface area contributed by atoms with Crippen molar-refractivity contribution in [2.45, 2.75) is 31.0 Å². The number of fused-ring (bicyclic) bond motifs is 2. The second kappa shape index (κ2) is 6.18. The third-order valence-corrected chi connectivity index (χ3v) is 5.81. The molecule has 2 atom stereocenters. The topological polar surface area (TPSA) is 104 Å². The van der Waals surface area contributed by atoms with Gasteiger partial charge in [0.2, 0.25) is 5.43 Å². The maximum absolute atomic E-state index is 15.0. The van der Waals surface area contributed by atoms with Gasteiger partial charge in [-0.25, -0.2) is 9.18 Å². The highest BCUT2D eigenvalue weighted by Crippen LogP contribution is 2.43. The summed E-state index contributed by atoms with van der Waals surface area (Å²) in [7, 11) is 0. The summed E-state index contributed by atoms with van der Waals surface area (Å²) in [6.07, 6.45) is 2.80. The Hall–Kier alpha value is -2.65. The minimum atomic E-state index is -1.36. The fourth-order valence-corrected chi connectivity index (χ4v) is 4.33. The zero-order chi connectivity index (χ0) is 19.6. The van der Waals surface area contributed by atoms with E-state index in [-0.39, 0.29) is 40.5 Å². The summed E-state index contributed by atoms with van der Waals surface area (Å²) < 4.78 is 22.3. The Morgan fingerprint density at radius 2 is 2.11 bits per heavy atom. The predicted molar refractivity (Wildman–Crippen MR) is 98.8 cm³/mol. The van der Waals surface area contributed by atoms with Gasteiger partial charge in [0.15, 0.2) is 11.6 Å². The number of hydrogen-bond acceptors (Lipinski definition) is 6. The Morgan fingerprint density at radius 1 is 1.32 bits per heavy atom. The summed E-state index contributed by atoms with van der Waals surface area (Å²) >= 11 is 0. The lowest BCUT2D eigenvalue weighted by molar-refractivity contribution is 0.0212. The van der Waals surface area contributed by atoms with Gasteiger partial charge < -0.3 is 29.7 Å². The molecule has 3 aliphatic rings. The molecule has 1 aromatic carbocycles. The number of aromatic nitrogens is 1. The van der Waals surface area contributed by atoms with E-state index in [0.717, 1.165) is 25.5 Å². The largest absolute Gasteiger partial charge is 0.504 e. The molecule has 148 valence electrons. The van der Waals surface area contributed by atoms with E-state index in [1.165, 1.54) is 6.20 Å². The van der Waals surface area contributed by atoms with Gasteiger partial charge in [0, 0.05) is 31.9 Å². The van der Waals surface area contributed by atoms with E-state index < -0.39 is 22.8 Å². The lowest BCUT2D eigenvalue weighted by Crippen LogP contribution is -2.47. The number of rotatable bonds is 3. The average Bonchev–Trinajstić information content (AvgIpc) is 3.41. The van der Waals surface area contributed by atoms with Gasteiger partial charge in [0.25, 0.3) is 0 Å². The van der Waals surface area contributed by atoms with Crippen molar-refractivity contribution in [3.63, 3.8) is 0 Å². The minimum absolute atomic E-state index is 0.00318. The van der Waals surface area contributed by atoms with Crippen molar-refractivity contribution < 1.29 is 24.1 Å². The number of aromatic carboxylic acids is 1. The molecule has 8 nitrogen and oxygen atoms in total. The van der Waals surface area contributed by atoms with Crippen molar-refractivity contribution in [2.24, 2.45) is 0 Å². The standard InChI is InChI=1S/C19H20FN3O5/c20-12-5-10-15(23(9-1-2-9)6-11(17(10)24)19(26)27)18(25)16(12)22-7-13-14(8-22)28-4-3-21-13/h5-6,9,13-14,21,25H,1-4,7-8H2,(H,26,27)/t13-,14+/m1/s1. The molecule has 0 spiro atoms. The normalized spacial score (nSPS) is 24.5. The van der Waals surface area contributed by atoms with Gasteiger partial charge in [0.05, 0.1) is 29.7 Å². The lowest BCUT2D eigenvalue weighted by atomic mass is 10.1. The summed E-state index contributed by atoms with van der Waals surface area (Å²) in [5.41, 5.74) is -0.988. The van der Waals surface area contributed by atoms with Crippen LogP contribution in [-0.2, 0) is 4.74 Å². The zero-order valence-electron chi connectivity index (χ0n) is 15.0. The quantitative estimate of drug-likeness (QED) is 0.721. The number of pyridine rings is 1. The molecule has 3 N–H and O–H groups in total. The van der Waals surface area contributed by atoms with Gasteiger partial charge in [-0.15, -0.1) is 0 Å². The van der Waals surface area contributed by atoms with Crippen LogP contribution in [0.5, 0.6) is 5.75 Å². The van der Waals surface area contributed by atoms with Crippen LogP contribution in [0.15, 0.2) is 17.1 Å².